The van der Waals surface area contributed by atoms with Crippen molar-refractivity contribution < 1.29 is 22.4 Å². The Kier molecular flexibility index (Phi) is 6.68. The molecule has 0 N–H and O–H groups in total. The number of methoxy groups -OCH3 is 1. The predicted octanol–water partition coefficient (Wildman–Crippen LogP) is 5.28. The molecule has 0 saturated carbocycles. The van der Waals surface area contributed by atoms with Crippen LogP contribution in [-0.2, 0) is 19.6 Å². The van der Waals surface area contributed by atoms with E-state index in [1.54, 1.807) is 18.9 Å². The smallest absolute Gasteiger partial charge is 0.416 e. The van der Waals surface area contributed by atoms with E-state index in [1.807, 2.05) is 35.9 Å². The van der Waals surface area contributed by atoms with E-state index < -0.39 is 11.7 Å². The van der Waals surface area contributed by atoms with E-state index in [0.717, 1.165) is 46.6 Å². The van der Waals surface area contributed by atoms with Crippen LogP contribution in [0, 0.1) is 0 Å². The molecule has 0 bridgehead atoms. The lowest BCUT2D eigenvalue weighted by Crippen LogP contribution is -2.04. The number of alkyl halides is 3. The maximum absolute atomic E-state index is 12.9. The van der Waals surface area contributed by atoms with Crippen LogP contribution in [0.4, 0.5) is 13.2 Å². The third kappa shape index (κ3) is 5.36. The minimum atomic E-state index is -4.42. The monoisotopic (exact) mass is 475 g/mol. The number of aromatic nitrogens is 5. The molecule has 0 aliphatic heterocycles. The van der Waals surface area contributed by atoms with Gasteiger partial charge in [0, 0.05) is 30.3 Å². The van der Waals surface area contributed by atoms with Gasteiger partial charge < -0.3 is 13.8 Å². The summed E-state index contributed by atoms with van der Waals surface area (Å²) >= 11 is 1.54. The summed E-state index contributed by atoms with van der Waals surface area (Å²) in [7, 11) is 3.51. The van der Waals surface area contributed by atoms with Crippen molar-refractivity contribution in [3.8, 4) is 28.5 Å². The zero-order chi connectivity index (χ0) is 23.4. The topological polar surface area (TPSA) is 78.9 Å². The summed E-state index contributed by atoms with van der Waals surface area (Å²) in [5.41, 5.74) is 0.419. The Hall–Kier alpha value is -3.34. The summed E-state index contributed by atoms with van der Waals surface area (Å²) in [4.78, 5) is 4.23. The highest BCUT2D eigenvalue weighted by atomic mass is 32.2. The molecule has 2 aromatic carbocycles. The van der Waals surface area contributed by atoms with Crippen molar-refractivity contribution in [3.05, 3.63) is 60.0 Å². The number of aryl methyl sites for hydroxylation is 1. The van der Waals surface area contributed by atoms with E-state index in [0.29, 0.717) is 12.3 Å². The summed E-state index contributed by atoms with van der Waals surface area (Å²) < 4.78 is 51.1. The molecule has 33 heavy (non-hydrogen) atoms. The normalized spacial score (nSPS) is 11.7. The van der Waals surface area contributed by atoms with Gasteiger partial charge in [0.1, 0.15) is 5.75 Å². The number of thioether (sulfide) groups is 1. The molecular formula is C22H20F3N5O2S. The molecular weight excluding hydrogens is 455 g/mol. The number of benzene rings is 2. The third-order valence-corrected chi connectivity index (χ3v) is 5.95. The fourth-order valence-corrected chi connectivity index (χ4v) is 4.00. The van der Waals surface area contributed by atoms with Crippen LogP contribution in [0.15, 0.2) is 58.2 Å². The summed E-state index contributed by atoms with van der Waals surface area (Å²) in [6, 6.07) is 12.5. The number of hydrogen-bond acceptors (Lipinski definition) is 7. The van der Waals surface area contributed by atoms with Crippen LogP contribution in [0.2, 0.25) is 0 Å². The van der Waals surface area contributed by atoms with E-state index in [9.17, 15) is 13.2 Å². The minimum absolute atomic E-state index is 0.139. The molecule has 172 valence electrons. The van der Waals surface area contributed by atoms with Gasteiger partial charge in [-0.05, 0) is 30.7 Å². The predicted molar refractivity (Wildman–Crippen MR) is 117 cm³/mol. The first-order chi connectivity index (χ1) is 15.8. The number of halogens is 3. The summed E-state index contributed by atoms with van der Waals surface area (Å²) in [6.07, 6.45) is -3.21. The SMILES string of the molecule is COc1cccc(-c2nnc(SCCCc3nc(-c4cccc(C(F)(F)F)c4)no3)n2C)c1. The molecule has 0 saturated heterocycles. The average Bonchev–Trinajstić information content (AvgIpc) is 3.43. The van der Waals surface area contributed by atoms with E-state index >= 15 is 0 Å². The van der Waals surface area contributed by atoms with Crippen LogP contribution in [0.5, 0.6) is 5.75 Å². The lowest BCUT2D eigenvalue weighted by molar-refractivity contribution is -0.137. The molecule has 0 unspecified atom stereocenters. The maximum atomic E-state index is 12.9. The van der Waals surface area contributed by atoms with Crippen molar-refractivity contribution in [3.63, 3.8) is 0 Å². The molecule has 4 aromatic rings. The second kappa shape index (κ2) is 9.65. The summed E-state index contributed by atoms with van der Waals surface area (Å²) in [6.45, 7) is 0. The van der Waals surface area contributed by atoms with Crippen molar-refractivity contribution in [2.45, 2.75) is 24.2 Å². The fraction of sp³-hybridized carbons (Fsp3) is 0.273. The van der Waals surface area contributed by atoms with Gasteiger partial charge in [0.05, 0.1) is 12.7 Å². The second-order valence-corrected chi connectivity index (χ2v) is 8.20. The number of nitrogens with zero attached hydrogens (tertiary/aromatic N) is 5. The molecule has 0 fully saturated rings. The Morgan fingerprint density at radius 3 is 2.64 bits per heavy atom. The Labute approximate surface area is 192 Å². The fourth-order valence-electron chi connectivity index (χ4n) is 3.15. The lowest BCUT2D eigenvalue weighted by Gasteiger charge is -2.06. The lowest BCUT2D eigenvalue weighted by atomic mass is 10.1. The Morgan fingerprint density at radius 1 is 1.06 bits per heavy atom. The molecule has 2 aromatic heterocycles. The van der Waals surface area contributed by atoms with Gasteiger partial charge in [-0.3, -0.25) is 0 Å². The molecule has 2 heterocycles. The highest BCUT2D eigenvalue weighted by molar-refractivity contribution is 7.99. The summed E-state index contributed by atoms with van der Waals surface area (Å²) in [5, 5.41) is 13.1. The highest BCUT2D eigenvalue weighted by Gasteiger charge is 2.30. The van der Waals surface area contributed by atoms with Crippen molar-refractivity contribution >= 4 is 11.8 Å². The second-order valence-electron chi connectivity index (χ2n) is 7.14. The molecule has 0 amide bonds. The van der Waals surface area contributed by atoms with E-state index in [2.05, 4.69) is 20.3 Å². The van der Waals surface area contributed by atoms with Crippen molar-refractivity contribution in [1.82, 2.24) is 24.9 Å². The molecule has 0 aliphatic rings. The molecule has 7 nitrogen and oxygen atoms in total. The van der Waals surface area contributed by atoms with E-state index in [4.69, 9.17) is 9.26 Å². The Bertz CT molecular complexity index is 1240. The highest BCUT2D eigenvalue weighted by Crippen LogP contribution is 2.31. The quantitative estimate of drug-likeness (QED) is 0.253. The van der Waals surface area contributed by atoms with Gasteiger partial charge in [0.15, 0.2) is 11.0 Å². The van der Waals surface area contributed by atoms with E-state index in [-0.39, 0.29) is 11.4 Å². The molecule has 0 atom stereocenters. The standard InChI is InChI=1S/C22H20F3N5O2S/c1-30-20(15-7-4-9-17(13-15)31-2)27-28-21(30)33-11-5-10-18-26-19(29-32-18)14-6-3-8-16(12-14)22(23,24)25/h3-4,6-9,12-13H,5,10-11H2,1-2H3. The van der Waals surface area contributed by atoms with Crippen LogP contribution in [0.1, 0.15) is 17.9 Å². The Balaban J connectivity index is 1.33. The Morgan fingerprint density at radius 2 is 1.85 bits per heavy atom. The van der Waals surface area contributed by atoms with Gasteiger partial charge in [0.25, 0.3) is 0 Å². The number of rotatable bonds is 8. The van der Waals surface area contributed by atoms with Gasteiger partial charge >= 0.3 is 6.18 Å². The zero-order valence-electron chi connectivity index (χ0n) is 17.8. The van der Waals surface area contributed by atoms with Gasteiger partial charge in [-0.2, -0.15) is 18.2 Å². The first-order valence-corrected chi connectivity index (χ1v) is 11.0. The molecule has 0 radical (unpaired) electrons. The first kappa shape index (κ1) is 22.8. The van der Waals surface area contributed by atoms with Gasteiger partial charge in [0.2, 0.25) is 11.7 Å². The number of ether oxygens (including phenoxy) is 1. The maximum Gasteiger partial charge on any atom is 0.416 e. The zero-order valence-corrected chi connectivity index (χ0v) is 18.7. The van der Waals surface area contributed by atoms with E-state index in [1.165, 1.54) is 12.1 Å². The van der Waals surface area contributed by atoms with Gasteiger partial charge in [-0.25, -0.2) is 0 Å². The third-order valence-electron chi connectivity index (χ3n) is 4.85. The van der Waals surface area contributed by atoms with Crippen LogP contribution in [-0.4, -0.2) is 37.8 Å². The largest absolute Gasteiger partial charge is 0.497 e. The average molecular weight is 475 g/mol. The molecule has 4 rings (SSSR count). The number of hydrogen-bond donors (Lipinski definition) is 0. The first-order valence-electron chi connectivity index (χ1n) is 10.0. The molecule has 11 heteroatoms. The summed E-state index contributed by atoms with van der Waals surface area (Å²) in [5.74, 6) is 2.72. The van der Waals surface area contributed by atoms with Gasteiger partial charge in [-0.1, -0.05) is 41.2 Å². The van der Waals surface area contributed by atoms with Gasteiger partial charge in [-0.15, -0.1) is 10.2 Å². The van der Waals surface area contributed by atoms with Crippen LogP contribution < -0.4 is 4.74 Å². The van der Waals surface area contributed by atoms with Crippen LogP contribution in [0.25, 0.3) is 22.8 Å². The van der Waals surface area contributed by atoms with Crippen LogP contribution in [0.3, 0.4) is 0 Å². The molecule has 0 spiro atoms. The van der Waals surface area contributed by atoms with Crippen LogP contribution >= 0.6 is 11.8 Å². The molecule has 0 aliphatic carbocycles. The van der Waals surface area contributed by atoms with Crippen molar-refractivity contribution in [2.75, 3.05) is 12.9 Å². The van der Waals surface area contributed by atoms with Crippen molar-refractivity contribution in [2.24, 2.45) is 7.05 Å². The minimum Gasteiger partial charge on any atom is -0.497 e. The van der Waals surface area contributed by atoms with Crippen molar-refractivity contribution in [1.29, 1.82) is 0 Å².